The molecule has 2 heteroatoms. The zero-order valence-electron chi connectivity index (χ0n) is 32.8. The van der Waals surface area contributed by atoms with E-state index in [0.717, 1.165) is 17.1 Å². The van der Waals surface area contributed by atoms with Crippen LogP contribution in [0.25, 0.3) is 92.8 Å². The third-order valence-electron chi connectivity index (χ3n) is 12.3. The highest BCUT2D eigenvalue weighted by atomic mass is 15.1. The van der Waals surface area contributed by atoms with E-state index in [0.29, 0.717) is 0 Å². The Morgan fingerprint density at radius 2 is 0.800 bits per heavy atom. The van der Waals surface area contributed by atoms with E-state index in [2.05, 4.69) is 240 Å². The van der Waals surface area contributed by atoms with E-state index in [1.807, 2.05) is 0 Å². The van der Waals surface area contributed by atoms with Gasteiger partial charge in [0.15, 0.2) is 0 Å². The van der Waals surface area contributed by atoms with Crippen LogP contribution in [0.4, 0.5) is 17.1 Å². The third kappa shape index (κ3) is 5.28. The van der Waals surface area contributed by atoms with Crippen molar-refractivity contribution >= 4 is 82.0 Å². The predicted molar refractivity (Wildman–Crippen MR) is 256 cm³/mol. The number of para-hydroxylation sites is 1. The van der Waals surface area contributed by atoms with Crippen molar-refractivity contribution in [2.45, 2.75) is 0 Å². The number of nitrogens with zero attached hydrogens (tertiary/aromatic N) is 2. The maximum absolute atomic E-state index is 2.51. The minimum Gasteiger partial charge on any atom is -0.309 e. The molecule has 60 heavy (non-hydrogen) atoms. The Bertz CT molecular complexity index is 3590. The summed E-state index contributed by atoms with van der Waals surface area (Å²) >= 11 is 0. The van der Waals surface area contributed by atoms with Crippen molar-refractivity contribution in [1.29, 1.82) is 0 Å². The summed E-state index contributed by atoms with van der Waals surface area (Å²) in [7, 11) is 0. The average Bonchev–Trinajstić information content (AvgIpc) is 3.66. The molecule has 0 N–H and O–H groups in total. The van der Waals surface area contributed by atoms with E-state index in [4.69, 9.17) is 0 Å². The van der Waals surface area contributed by atoms with E-state index in [9.17, 15) is 0 Å². The lowest BCUT2D eigenvalue weighted by molar-refractivity contribution is 1.20. The number of anilines is 3. The largest absolute Gasteiger partial charge is 0.309 e. The van der Waals surface area contributed by atoms with Gasteiger partial charge in [-0.25, -0.2) is 0 Å². The molecule has 1 heterocycles. The van der Waals surface area contributed by atoms with Crippen molar-refractivity contribution in [2.24, 2.45) is 0 Å². The molecule has 0 amide bonds. The van der Waals surface area contributed by atoms with Crippen LogP contribution >= 0.6 is 0 Å². The Morgan fingerprint density at radius 3 is 1.55 bits per heavy atom. The second-order valence-corrected chi connectivity index (χ2v) is 15.6. The zero-order valence-corrected chi connectivity index (χ0v) is 32.8. The summed E-state index contributed by atoms with van der Waals surface area (Å²) in [5, 5.41) is 12.2. The fourth-order valence-corrected chi connectivity index (χ4v) is 9.79. The summed E-state index contributed by atoms with van der Waals surface area (Å²) < 4.78 is 2.46. The molecule has 2 nitrogen and oxygen atoms in total. The molecule has 0 atom stereocenters. The maximum atomic E-state index is 2.51. The normalized spacial score (nSPS) is 11.7. The zero-order chi connectivity index (χ0) is 39.6. The Morgan fingerprint density at radius 1 is 0.300 bits per heavy atom. The van der Waals surface area contributed by atoms with Gasteiger partial charge in [-0.3, -0.25) is 0 Å². The quantitative estimate of drug-likeness (QED) is 0.153. The molecule has 0 aliphatic carbocycles. The van der Waals surface area contributed by atoms with Crippen molar-refractivity contribution in [3.63, 3.8) is 0 Å². The van der Waals surface area contributed by atoms with Crippen LogP contribution in [0.1, 0.15) is 0 Å². The van der Waals surface area contributed by atoms with Crippen molar-refractivity contribution in [3.05, 3.63) is 231 Å². The van der Waals surface area contributed by atoms with Gasteiger partial charge in [0.1, 0.15) is 0 Å². The molecule has 280 valence electrons. The van der Waals surface area contributed by atoms with Gasteiger partial charge in [0.2, 0.25) is 0 Å². The Labute approximate surface area is 348 Å². The van der Waals surface area contributed by atoms with Gasteiger partial charge in [0, 0.05) is 27.2 Å². The SMILES string of the molecule is c1ccc(-c2c(-c3ccccc3)c3cc(N(c4cccc5ccccc45)c4cccc5c4c4ccccc4n5-c4cccc5ccccc45)ccc3c3ccccc23)cc1. The van der Waals surface area contributed by atoms with Crippen molar-refractivity contribution in [3.8, 4) is 27.9 Å². The summed E-state index contributed by atoms with van der Waals surface area (Å²) in [6.07, 6.45) is 0. The number of hydrogen-bond acceptors (Lipinski definition) is 1. The molecule has 0 aliphatic heterocycles. The molecule has 0 saturated heterocycles. The molecule has 12 rings (SSSR count). The molecule has 0 aliphatic rings. The molecular weight excluding hydrogens is 725 g/mol. The third-order valence-corrected chi connectivity index (χ3v) is 12.3. The van der Waals surface area contributed by atoms with Crippen molar-refractivity contribution < 1.29 is 0 Å². The Hall–Kier alpha value is -7.94. The van der Waals surface area contributed by atoms with Gasteiger partial charge in [-0.2, -0.15) is 0 Å². The molecule has 12 aromatic rings. The number of aromatic nitrogens is 1. The summed E-state index contributed by atoms with van der Waals surface area (Å²) in [6.45, 7) is 0. The first kappa shape index (κ1) is 34.1. The number of rotatable bonds is 6. The first-order valence-corrected chi connectivity index (χ1v) is 20.7. The van der Waals surface area contributed by atoms with Crippen LogP contribution in [0.15, 0.2) is 231 Å². The van der Waals surface area contributed by atoms with Gasteiger partial charge < -0.3 is 9.47 Å². The van der Waals surface area contributed by atoms with Gasteiger partial charge in [-0.15, -0.1) is 0 Å². The monoisotopic (exact) mass is 762 g/mol. The number of fused-ring (bicyclic) bond motifs is 8. The maximum Gasteiger partial charge on any atom is 0.0562 e. The number of benzene rings is 11. The van der Waals surface area contributed by atoms with Crippen LogP contribution in [-0.4, -0.2) is 4.57 Å². The standard InChI is InChI=1S/C58H38N2/c1-3-20-41(21-4-1)56-48-29-12-11-28-46(48)47-37-36-43(38-50(47)57(56)42-22-5-2-6-23-42)59(51-32-15-24-39-18-7-9-26-44(39)51)54-34-17-35-55-58(54)49-30-13-14-31-53(49)60(55)52-33-16-25-40-19-8-10-27-45(40)52/h1-38H. The van der Waals surface area contributed by atoms with E-state index < -0.39 is 0 Å². The minimum absolute atomic E-state index is 1.10. The van der Waals surface area contributed by atoms with E-state index >= 15 is 0 Å². The molecule has 0 bridgehead atoms. The molecule has 0 unspecified atom stereocenters. The first-order chi connectivity index (χ1) is 29.8. The van der Waals surface area contributed by atoms with Crippen LogP contribution < -0.4 is 4.90 Å². The van der Waals surface area contributed by atoms with Gasteiger partial charge in [-0.1, -0.05) is 188 Å². The second-order valence-electron chi connectivity index (χ2n) is 15.6. The molecular formula is C58H38N2. The fraction of sp³-hybridized carbons (Fsp3) is 0. The fourth-order valence-electron chi connectivity index (χ4n) is 9.79. The summed E-state index contributed by atoms with van der Waals surface area (Å²) in [6, 6.07) is 84.4. The lowest BCUT2D eigenvalue weighted by Gasteiger charge is -2.29. The molecule has 1 aromatic heterocycles. The van der Waals surface area contributed by atoms with Crippen molar-refractivity contribution in [1.82, 2.24) is 4.57 Å². The van der Waals surface area contributed by atoms with Gasteiger partial charge in [0.25, 0.3) is 0 Å². The summed E-state index contributed by atoms with van der Waals surface area (Å²) in [5.74, 6) is 0. The van der Waals surface area contributed by atoms with Gasteiger partial charge in [-0.05, 0) is 97.0 Å². The van der Waals surface area contributed by atoms with Crippen LogP contribution in [-0.2, 0) is 0 Å². The van der Waals surface area contributed by atoms with Gasteiger partial charge in [0.05, 0.1) is 28.1 Å². The Kier molecular flexibility index (Phi) is 7.89. The highest BCUT2D eigenvalue weighted by Gasteiger charge is 2.24. The topological polar surface area (TPSA) is 8.17 Å². The number of hydrogen-bond donors (Lipinski definition) is 0. The first-order valence-electron chi connectivity index (χ1n) is 20.7. The molecule has 11 aromatic carbocycles. The molecule has 0 saturated carbocycles. The van der Waals surface area contributed by atoms with Crippen LogP contribution in [0.3, 0.4) is 0 Å². The highest BCUT2D eigenvalue weighted by Crippen LogP contribution is 2.49. The lowest BCUT2D eigenvalue weighted by Crippen LogP contribution is -2.11. The molecule has 0 spiro atoms. The van der Waals surface area contributed by atoms with Crippen LogP contribution in [0.5, 0.6) is 0 Å². The van der Waals surface area contributed by atoms with Gasteiger partial charge >= 0.3 is 0 Å². The van der Waals surface area contributed by atoms with Crippen LogP contribution in [0.2, 0.25) is 0 Å². The second kappa shape index (κ2) is 13.9. The van der Waals surface area contributed by atoms with Crippen molar-refractivity contribution in [2.75, 3.05) is 4.90 Å². The summed E-state index contributed by atoms with van der Waals surface area (Å²) in [5.41, 5.74) is 11.8. The predicted octanol–water partition coefficient (Wildman–Crippen LogP) is 16.2. The molecule has 0 radical (unpaired) electrons. The lowest BCUT2D eigenvalue weighted by atomic mass is 9.85. The Balaban J connectivity index is 1.22. The average molecular weight is 763 g/mol. The van der Waals surface area contributed by atoms with E-state index in [-0.39, 0.29) is 0 Å². The van der Waals surface area contributed by atoms with Crippen LogP contribution in [0, 0.1) is 0 Å². The smallest absolute Gasteiger partial charge is 0.0562 e. The van der Waals surface area contributed by atoms with E-state index in [1.54, 1.807) is 0 Å². The minimum atomic E-state index is 1.10. The highest BCUT2D eigenvalue weighted by molar-refractivity contribution is 6.23. The van der Waals surface area contributed by atoms with E-state index in [1.165, 1.54) is 92.8 Å². The summed E-state index contributed by atoms with van der Waals surface area (Å²) in [4.78, 5) is 2.51. The molecule has 0 fully saturated rings.